The molecule has 0 saturated carbocycles. The molecular weight excluding hydrogens is 444 g/mol. The van der Waals surface area contributed by atoms with Gasteiger partial charge in [-0.15, -0.1) is 0 Å². The Kier molecular flexibility index (Phi) is 7.73. The fourth-order valence-electron chi connectivity index (χ4n) is 5.06. The van der Waals surface area contributed by atoms with Gasteiger partial charge in [0.05, 0.1) is 5.92 Å². The third-order valence-corrected chi connectivity index (χ3v) is 7.35. The number of carboxylic acids is 1. The fraction of sp³-hybridized carbons (Fsp3) is 0.464. The van der Waals surface area contributed by atoms with Gasteiger partial charge in [0.15, 0.2) is 0 Å². The van der Waals surface area contributed by atoms with Crippen molar-refractivity contribution in [2.75, 3.05) is 19.7 Å². The lowest BCUT2D eigenvalue weighted by atomic mass is 9.86. The van der Waals surface area contributed by atoms with E-state index in [2.05, 4.69) is 36.5 Å². The molecule has 1 heterocycles. The predicted molar refractivity (Wildman–Crippen MR) is 133 cm³/mol. The fourth-order valence-corrected chi connectivity index (χ4v) is 5.06. The molecule has 186 valence electrons. The largest absolute Gasteiger partial charge is 0.481 e. The van der Waals surface area contributed by atoms with Gasteiger partial charge in [-0.05, 0) is 28.7 Å². The van der Waals surface area contributed by atoms with Crippen LogP contribution in [-0.4, -0.2) is 53.7 Å². The highest BCUT2D eigenvalue weighted by molar-refractivity contribution is 5.80. The van der Waals surface area contributed by atoms with E-state index in [1.165, 1.54) is 11.1 Å². The molecule has 0 spiro atoms. The monoisotopic (exact) mass is 478 g/mol. The van der Waals surface area contributed by atoms with Crippen molar-refractivity contribution in [3.05, 3.63) is 59.7 Å². The van der Waals surface area contributed by atoms with Crippen LogP contribution >= 0.6 is 0 Å². The third-order valence-electron chi connectivity index (χ3n) is 7.35. The number of rotatable bonds is 10. The van der Waals surface area contributed by atoms with Crippen molar-refractivity contribution >= 4 is 18.0 Å². The van der Waals surface area contributed by atoms with Crippen molar-refractivity contribution in [1.29, 1.82) is 0 Å². The molecule has 7 heteroatoms. The number of fused-ring (bicyclic) bond motifs is 3. The van der Waals surface area contributed by atoms with Crippen molar-refractivity contribution < 1.29 is 24.2 Å². The van der Waals surface area contributed by atoms with Gasteiger partial charge in [-0.25, -0.2) is 4.79 Å². The summed E-state index contributed by atoms with van der Waals surface area (Å²) in [4.78, 5) is 38.3. The molecule has 2 aromatic rings. The molecule has 2 amide bonds. The van der Waals surface area contributed by atoms with Crippen molar-refractivity contribution in [3.63, 3.8) is 0 Å². The van der Waals surface area contributed by atoms with E-state index in [1.807, 2.05) is 24.3 Å². The van der Waals surface area contributed by atoms with Gasteiger partial charge in [-0.3, -0.25) is 9.59 Å². The maximum Gasteiger partial charge on any atom is 0.407 e. The summed E-state index contributed by atoms with van der Waals surface area (Å²) < 4.78 is 5.67. The molecule has 2 aliphatic rings. The molecule has 35 heavy (non-hydrogen) atoms. The number of hydrogen-bond donors (Lipinski definition) is 2. The van der Waals surface area contributed by atoms with E-state index in [9.17, 15) is 14.4 Å². The number of aliphatic carboxylic acids is 1. The average molecular weight is 479 g/mol. The first kappa shape index (κ1) is 24.8. The standard InChI is InChI=1S/C28H34N2O5/c1-3-4-9-20(14-26(31)30-15-19(16-30)18(2)27(32)33)29-28(34)35-17-25-23-12-7-5-10-21(23)22-11-6-8-13-24(22)25/h5-8,10-13,18-20,25H,3-4,9,14-17H2,1-2H3,(H,29,34)(H,32,33). The number of nitrogens with one attached hydrogen (secondary N) is 1. The van der Waals surface area contributed by atoms with Crippen molar-refractivity contribution in [3.8, 4) is 11.1 Å². The van der Waals surface area contributed by atoms with E-state index in [4.69, 9.17) is 9.84 Å². The molecule has 0 aromatic heterocycles. The lowest BCUT2D eigenvalue weighted by Gasteiger charge is -2.41. The number of carbonyl (C=O) groups is 3. The molecule has 2 unspecified atom stereocenters. The Morgan fingerprint density at radius 1 is 1.06 bits per heavy atom. The van der Waals surface area contributed by atoms with Crippen LogP contribution in [0, 0.1) is 11.8 Å². The van der Waals surface area contributed by atoms with Gasteiger partial charge in [-0.2, -0.15) is 0 Å². The minimum Gasteiger partial charge on any atom is -0.481 e. The van der Waals surface area contributed by atoms with E-state index in [0.717, 1.165) is 24.0 Å². The van der Waals surface area contributed by atoms with E-state index in [0.29, 0.717) is 19.5 Å². The van der Waals surface area contributed by atoms with Crippen LogP contribution in [0.25, 0.3) is 11.1 Å². The minimum atomic E-state index is -0.833. The first-order chi connectivity index (χ1) is 16.9. The van der Waals surface area contributed by atoms with Crippen LogP contribution in [0.15, 0.2) is 48.5 Å². The second-order valence-corrected chi connectivity index (χ2v) is 9.70. The molecule has 0 radical (unpaired) electrons. The van der Waals surface area contributed by atoms with Crippen LogP contribution in [0.2, 0.25) is 0 Å². The van der Waals surface area contributed by atoms with Gasteiger partial charge in [0.1, 0.15) is 6.61 Å². The zero-order chi connectivity index (χ0) is 24.9. The number of amides is 2. The van der Waals surface area contributed by atoms with Gasteiger partial charge in [-0.1, -0.05) is 75.2 Å². The number of nitrogens with zero attached hydrogens (tertiary/aromatic N) is 1. The summed E-state index contributed by atoms with van der Waals surface area (Å²) in [6, 6.07) is 16.1. The number of likely N-dealkylation sites (tertiary alicyclic amines) is 1. The maximum atomic E-state index is 12.7. The highest BCUT2D eigenvalue weighted by Gasteiger charge is 2.37. The zero-order valence-corrected chi connectivity index (χ0v) is 20.4. The summed E-state index contributed by atoms with van der Waals surface area (Å²) in [5.41, 5.74) is 4.66. The number of carboxylic acid groups (broad SMARTS) is 1. The van der Waals surface area contributed by atoms with Crippen LogP contribution in [-0.2, 0) is 14.3 Å². The maximum absolute atomic E-state index is 12.7. The molecule has 2 aromatic carbocycles. The molecule has 4 rings (SSSR count). The second-order valence-electron chi connectivity index (χ2n) is 9.70. The Balaban J connectivity index is 1.32. The molecule has 1 aliphatic carbocycles. The number of carbonyl (C=O) groups excluding carboxylic acids is 2. The molecule has 2 atom stereocenters. The number of ether oxygens (including phenoxy) is 1. The van der Waals surface area contributed by atoms with Crippen LogP contribution in [0.5, 0.6) is 0 Å². The minimum absolute atomic E-state index is 0.0133. The zero-order valence-electron chi connectivity index (χ0n) is 20.4. The first-order valence-corrected chi connectivity index (χ1v) is 12.5. The smallest absolute Gasteiger partial charge is 0.407 e. The number of unbranched alkanes of at least 4 members (excludes halogenated alkanes) is 1. The van der Waals surface area contributed by atoms with E-state index < -0.39 is 18.0 Å². The van der Waals surface area contributed by atoms with Gasteiger partial charge < -0.3 is 20.1 Å². The topological polar surface area (TPSA) is 95.9 Å². The SMILES string of the molecule is CCCCC(CC(=O)N1CC(C(C)C(=O)O)C1)NC(=O)OCC1c2ccccc2-c2ccccc21. The first-order valence-electron chi connectivity index (χ1n) is 12.5. The lowest BCUT2D eigenvalue weighted by Crippen LogP contribution is -2.54. The number of alkyl carbamates (subject to hydrolysis) is 1. The molecule has 1 saturated heterocycles. The Bertz CT molecular complexity index is 1030. The summed E-state index contributed by atoms with van der Waals surface area (Å²) >= 11 is 0. The molecule has 1 fully saturated rings. The van der Waals surface area contributed by atoms with Crippen molar-refractivity contribution in [1.82, 2.24) is 10.2 Å². The van der Waals surface area contributed by atoms with Crippen LogP contribution in [0.3, 0.4) is 0 Å². The Labute approximate surface area is 206 Å². The van der Waals surface area contributed by atoms with Crippen LogP contribution in [0.4, 0.5) is 4.79 Å². The normalized spacial score (nSPS) is 16.6. The summed E-state index contributed by atoms with van der Waals surface area (Å²) in [5.74, 6) is -1.38. The Hall–Kier alpha value is -3.35. The summed E-state index contributed by atoms with van der Waals surface area (Å²) in [5, 5.41) is 12.1. The molecule has 7 nitrogen and oxygen atoms in total. The quantitative estimate of drug-likeness (QED) is 0.518. The Morgan fingerprint density at radius 2 is 1.66 bits per heavy atom. The van der Waals surface area contributed by atoms with E-state index >= 15 is 0 Å². The van der Waals surface area contributed by atoms with Crippen molar-refractivity contribution in [2.24, 2.45) is 11.8 Å². The van der Waals surface area contributed by atoms with E-state index in [1.54, 1.807) is 11.8 Å². The number of hydrogen-bond acceptors (Lipinski definition) is 4. The van der Waals surface area contributed by atoms with Crippen LogP contribution < -0.4 is 5.32 Å². The van der Waals surface area contributed by atoms with Crippen molar-refractivity contribution in [2.45, 2.75) is 51.5 Å². The molecule has 2 N–H and O–H groups in total. The third kappa shape index (κ3) is 5.50. The Morgan fingerprint density at radius 3 is 2.23 bits per heavy atom. The lowest BCUT2D eigenvalue weighted by molar-refractivity contribution is -0.150. The van der Waals surface area contributed by atoms with E-state index in [-0.39, 0.29) is 36.8 Å². The highest BCUT2D eigenvalue weighted by Crippen LogP contribution is 2.44. The number of benzene rings is 2. The average Bonchev–Trinajstić information content (AvgIpc) is 3.14. The van der Waals surface area contributed by atoms with Gasteiger partial charge in [0, 0.05) is 37.4 Å². The molecular formula is C28H34N2O5. The highest BCUT2D eigenvalue weighted by atomic mass is 16.5. The predicted octanol–water partition coefficient (Wildman–Crippen LogP) is 4.65. The summed E-state index contributed by atoms with van der Waals surface area (Å²) in [6.45, 7) is 4.89. The van der Waals surface area contributed by atoms with Gasteiger partial charge >= 0.3 is 12.1 Å². The summed E-state index contributed by atoms with van der Waals surface area (Å²) in [6.07, 6.45) is 2.22. The summed E-state index contributed by atoms with van der Waals surface area (Å²) in [7, 11) is 0. The van der Waals surface area contributed by atoms with Gasteiger partial charge in [0.2, 0.25) is 5.91 Å². The molecule has 1 aliphatic heterocycles. The van der Waals surface area contributed by atoms with Crippen LogP contribution in [0.1, 0.15) is 56.6 Å². The van der Waals surface area contributed by atoms with Gasteiger partial charge in [0.25, 0.3) is 0 Å². The molecule has 0 bridgehead atoms. The second kappa shape index (κ2) is 10.9.